The number of rotatable bonds is 7. The molecule has 184 valence electrons. The van der Waals surface area contributed by atoms with Gasteiger partial charge in [-0.05, 0) is 61.1 Å². The molecule has 8 nitrogen and oxygen atoms in total. The van der Waals surface area contributed by atoms with Crippen LogP contribution in [0.4, 0.5) is 11.4 Å². The van der Waals surface area contributed by atoms with E-state index in [9.17, 15) is 9.59 Å². The summed E-state index contributed by atoms with van der Waals surface area (Å²) < 4.78 is 1.60. The minimum atomic E-state index is -0.435. The molecule has 36 heavy (non-hydrogen) atoms. The van der Waals surface area contributed by atoms with Crippen LogP contribution in [0.15, 0.2) is 54.7 Å². The van der Waals surface area contributed by atoms with Crippen LogP contribution in [0.1, 0.15) is 59.2 Å². The van der Waals surface area contributed by atoms with Crippen LogP contribution in [-0.4, -0.2) is 33.7 Å². The van der Waals surface area contributed by atoms with Crippen LogP contribution < -0.4 is 15.5 Å². The molecule has 3 aromatic rings. The second-order valence-electron chi connectivity index (χ2n) is 10.1. The Hall–Kier alpha value is -3.96. The van der Waals surface area contributed by atoms with Crippen molar-refractivity contribution in [3.8, 4) is 6.07 Å². The number of nitriles is 1. The van der Waals surface area contributed by atoms with E-state index in [1.54, 1.807) is 33.8 Å². The van der Waals surface area contributed by atoms with Gasteiger partial charge >= 0.3 is 0 Å². The summed E-state index contributed by atoms with van der Waals surface area (Å²) in [7, 11) is 0. The average molecular weight is 483 g/mol. The van der Waals surface area contributed by atoms with E-state index in [4.69, 9.17) is 5.26 Å². The fraction of sp³-hybridized carbons (Fsp3) is 0.357. The largest absolute Gasteiger partial charge is 0.322 e. The van der Waals surface area contributed by atoms with Crippen molar-refractivity contribution in [3.05, 3.63) is 77.1 Å². The summed E-state index contributed by atoms with van der Waals surface area (Å²) in [6.45, 7) is 7.81. The Kier molecular flexibility index (Phi) is 6.33. The molecule has 0 saturated heterocycles. The van der Waals surface area contributed by atoms with Gasteiger partial charge in [-0.2, -0.15) is 10.4 Å². The first-order valence-corrected chi connectivity index (χ1v) is 12.4. The average Bonchev–Trinajstić information content (AvgIpc) is 3.53. The lowest BCUT2D eigenvalue weighted by Gasteiger charge is -2.34. The topological polar surface area (TPSA) is 103 Å². The lowest BCUT2D eigenvalue weighted by molar-refractivity contribution is 0.0933. The molecule has 0 bridgehead atoms. The molecule has 1 aliphatic carbocycles. The number of hydrogen-bond acceptors (Lipinski definition) is 5. The fourth-order valence-corrected chi connectivity index (χ4v) is 5.01. The summed E-state index contributed by atoms with van der Waals surface area (Å²) in [6.07, 6.45) is 2.67. The van der Waals surface area contributed by atoms with Crippen molar-refractivity contribution >= 4 is 23.2 Å². The van der Waals surface area contributed by atoms with Gasteiger partial charge in [-0.15, -0.1) is 0 Å². The summed E-state index contributed by atoms with van der Waals surface area (Å²) in [5.74, 6) is 0.781. The van der Waals surface area contributed by atoms with Gasteiger partial charge in [0.05, 0.1) is 36.0 Å². The van der Waals surface area contributed by atoms with Crippen LogP contribution in [-0.2, 0) is 13.1 Å². The Labute approximate surface area is 210 Å². The number of nitrogens with zero attached hydrogens (tertiary/aromatic N) is 4. The zero-order chi connectivity index (χ0) is 25.4. The van der Waals surface area contributed by atoms with Crippen molar-refractivity contribution in [3.63, 3.8) is 0 Å². The maximum absolute atomic E-state index is 13.6. The van der Waals surface area contributed by atoms with E-state index in [2.05, 4.69) is 47.8 Å². The number of amides is 2. The number of anilines is 2. The summed E-state index contributed by atoms with van der Waals surface area (Å²) in [5, 5.41) is 19.8. The molecule has 0 spiro atoms. The SMILES string of the molecule is CC(C)[C@@H]1CC1NCc1ccc(N2C(=O)c3c(C(=O)Nc4cccc(C#N)c4)cnn3C[C@@H]2C)cc1. The Morgan fingerprint density at radius 3 is 2.69 bits per heavy atom. The zero-order valence-electron chi connectivity index (χ0n) is 20.7. The van der Waals surface area contributed by atoms with Crippen molar-refractivity contribution in [1.82, 2.24) is 15.1 Å². The van der Waals surface area contributed by atoms with Crippen LogP contribution in [0.3, 0.4) is 0 Å². The highest BCUT2D eigenvalue weighted by Crippen LogP contribution is 2.37. The van der Waals surface area contributed by atoms with Crippen molar-refractivity contribution < 1.29 is 9.59 Å². The highest BCUT2D eigenvalue weighted by molar-refractivity contribution is 6.15. The highest BCUT2D eigenvalue weighted by Gasteiger charge is 2.38. The molecule has 1 saturated carbocycles. The first-order chi connectivity index (χ1) is 17.4. The quantitative estimate of drug-likeness (QED) is 0.526. The first-order valence-electron chi connectivity index (χ1n) is 12.4. The fourth-order valence-electron chi connectivity index (χ4n) is 5.01. The zero-order valence-corrected chi connectivity index (χ0v) is 20.7. The third-order valence-electron chi connectivity index (χ3n) is 7.11. The number of aromatic nitrogens is 2. The van der Waals surface area contributed by atoms with Gasteiger partial charge in [0, 0.05) is 24.0 Å². The number of benzene rings is 2. The maximum atomic E-state index is 13.6. The lowest BCUT2D eigenvalue weighted by atomic mass is 10.1. The monoisotopic (exact) mass is 482 g/mol. The van der Waals surface area contributed by atoms with Gasteiger partial charge in [0.1, 0.15) is 5.69 Å². The third-order valence-corrected chi connectivity index (χ3v) is 7.11. The van der Waals surface area contributed by atoms with Crippen LogP contribution in [0, 0.1) is 23.2 Å². The summed E-state index contributed by atoms with van der Waals surface area (Å²) in [6, 6.07) is 17.2. The molecule has 1 fully saturated rings. The molecule has 8 heteroatoms. The third kappa shape index (κ3) is 4.62. The predicted octanol–water partition coefficient (Wildman–Crippen LogP) is 4.19. The number of nitrogens with one attached hydrogen (secondary N) is 2. The van der Waals surface area contributed by atoms with Gasteiger partial charge in [-0.3, -0.25) is 14.3 Å². The Bertz CT molecular complexity index is 1340. The molecule has 3 atom stereocenters. The van der Waals surface area contributed by atoms with Crippen molar-refractivity contribution in [1.29, 1.82) is 5.26 Å². The normalized spacial score (nSPS) is 20.7. The molecule has 5 rings (SSSR count). The van der Waals surface area contributed by atoms with Gasteiger partial charge in [-0.25, -0.2) is 0 Å². The van der Waals surface area contributed by atoms with E-state index >= 15 is 0 Å². The van der Waals surface area contributed by atoms with E-state index in [0.29, 0.717) is 29.8 Å². The summed E-state index contributed by atoms with van der Waals surface area (Å²) >= 11 is 0. The van der Waals surface area contributed by atoms with E-state index in [0.717, 1.165) is 18.2 Å². The smallest absolute Gasteiger partial charge is 0.277 e. The number of hydrogen-bond donors (Lipinski definition) is 2. The van der Waals surface area contributed by atoms with E-state index < -0.39 is 5.91 Å². The minimum Gasteiger partial charge on any atom is -0.322 e. The van der Waals surface area contributed by atoms with Gasteiger partial charge in [0.2, 0.25) is 0 Å². The molecule has 0 radical (unpaired) electrons. The second-order valence-corrected chi connectivity index (χ2v) is 10.1. The first kappa shape index (κ1) is 23.8. The Morgan fingerprint density at radius 1 is 1.22 bits per heavy atom. The van der Waals surface area contributed by atoms with Crippen molar-refractivity contribution in [2.75, 3.05) is 10.2 Å². The van der Waals surface area contributed by atoms with E-state index in [1.165, 1.54) is 18.2 Å². The van der Waals surface area contributed by atoms with Gasteiger partial charge < -0.3 is 15.5 Å². The molecular formula is C28H30N6O2. The molecule has 1 unspecified atom stereocenters. The van der Waals surface area contributed by atoms with Gasteiger partial charge in [0.25, 0.3) is 11.8 Å². The molecule has 2 amide bonds. The number of carbonyl (C=O) groups is 2. The number of fused-ring (bicyclic) bond motifs is 1. The van der Waals surface area contributed by atoms with Gasteiger partial charge in [0.15, 0.2) is 0 Å². The summed E-state index contributed by atoms with van der Waals surface area (Å²) in [4.78, 5) is 28.4. The Morgan fingerprint density at radius 2 is 2.00 bits per heavy atom. The van der Waals surface area contributed by atoms with E-state index in [1.807, 2.05) is 19.1 Å². The standard InChI is InChI=1S/C28H30N6O2/c1-17(2)23-12-25(23)30-14-19-7-9-22(10-8-19)34-18(3)16-33-26(28(34)36)24(15-31-33)27(35)32-21-6-4-5-20(11-21)13-29/h4-11,15,17-18,23,25,30H,12,14,16H2,1-3H3,(H,32,35)/t18-,23-,25?/m0/s1. The molecule has 2 aliphatic rings. The molecule has 1 aliphatic heterocycles. The van der Waals surface area contributed by atoms with Gasteiger partial charge in [-0.1, -0.05) is 32.0 Å². The summed E-state index contributed by atoms with van der Waals surface area (Å²) in [5.41, 5.74) is 3.38. The Balaban J connectivity index is 1.31. The highest BCUT2D eigenvalue weighted by atomic mass is 16.2. The second kappa shape index (κ2) is 9.59. The molecule has 2 heterocycles. The molecule has 2 aromatic carbocycles. The van der Waals surface area contributed by atoms with E-state index in [-0.39, 0.29) is 23.2 Å². The lowest BCUT2D eigenvalue weighted by Crippen LogP contribution is -2.47. The minimum absolute atomic E-state index is 0.115. The van der Waals surface area contributed by atoms with Crippen LogP contribution in [0.5, 0.6) is 0 Å². The van der Waals surface area contributed by atoms with Crippen LogP contribution in [0.2, 0.25) is 0 Å². The predicted molar refractivity (Wildman–Crippen MR) is 138 cm³/mol. The molecule has 1 aromatic heterocycles. The van der Waals surface area contributed by atoms with Crippen molar-refractivity contribution in [2.45, 2.75) is 52.4 Å². The molecular weight excluding hydrogens is 452 g/mol. The maximum Gasteiger partial charge on any atom is 0.277 e. The number of carbonyl (C=O) groups excluding carboxylic acids is 2. The molecule has 2 N–H and O–H groups in total. The van der Waals surface area contributed by atoms with Crippen LogP contribution in [0.25, 0.3) is 0 Å². The van der Waals surface area contributed by atoms with Crippen LogP contribution >= 0.6 is 0 Å². The van der Waals surface area contributed by atoms with Crippen molar-refractivity contribution in [2.24, 2.45) is 11.8 Å².